The summed E-state index contributed by atoms with van der Waals surface area (Å²) >= 11 is 0. The molecule has 0 radical (unpaired) electrons. The van der Waals surface area contributed by atoms with Crippen molar-refractivity contribution >= 4 is 17.3 Å². The van der Waals surface area contributed by atoms with E-state index in [2.05, 4.69) is 20.6 Å². The zero-order valence-corrected chi connectivity index (χ0v) is 18.3. The fourth-order valence-electron chi connectivity index (χ4n) is 3.22. The van der Waals surface area contributed by atoms with E-state index in [0.29, 0.717) is 28.6 Å². The largest absolute Gasteiger partial charge is 0.493 e. The highest BCUT2D eigenvalue weighted by molar-refractivity contribution is 6.03. The van der Waals surface area contributed by atoms with Gasteiger partial charge in [-0.2, -0.15) is 0 Å². The van der Waals surface area contributed by atoms with Crippen molar-refractivity contribution in [3.63, 3.8) is 0 Å². The van der Waals surface area contributed by atoms with Crippen LogP contribution in [0.5, 0.6) is 11.5 Å². The number of hydrogen-bond acceptors (Lipinski definition) is 8. The van der Waals surface area contributed by atoms with Gasteiger partial charge in [0, 0.05) is 41.8 Å². The number of aromatic nitrogens is 4. The summed E-state index contributed by atoms with van der Waals surface area (Å²) in [5.74, 6) is 0.466. The predicted molar refractivity (Wildman–Crippen MR) is 122 cm³/mol. The Balaban J connectivity index is 1.53. The maximum absolute atomic E-state index is 12.9. The van der Waals surface area contributed by atoms with Gasteiger partial charge in [-0.15, -0.1) is 5.10 Å². The molecule has 172 valence electrons. The van der Waals surface area contributed by atoms with Gasteiger partial charge in [-0.1, -0.05) is 17.3 Å². The Morgan fingerprint density at radius 2 is 2.00 bits per heavy atom. The molecule has 2 heterocycles. The number of amides is 1. The van der Waals surface area contributed by atoms with Crippen molar-refractivity contribution in [3.05, 3.63) is 94.1 Å². The minimum Gasteiger partial charge on any atom is -0.493 e. The summed E-state index contributed by atoms with van der Waals surface area (Å²) in [6, 6.07) is 14.6. The number of rotatable bonds is 8. The zero-order chi connectivity index (χ0) is 24.1. The Labute approximate surface area is 194 Å². The second kappa shape index (κ2) is 9.77. The molecule has 0 atom stereocenters. The van der Waals surface area contributed by atoms with Gasteiger partial charge < -0.3 is 14.8 Å². The van der Waals surface area contributed by atoms with E-state index >= 15 is 0 Å². The fourth-order valence-corrected chi connectivity index (χ4v) is 3.22. The first-order valence-corrected chi connectivity index (χ1v) is 10.1. The molecular formula is C23H20N6O5. The molecule has 0 aliphatic carbocycles. The van der Waals surface area contributed by atoms with E-state index in [9.17, 15) is 14.9 Å². The molecule has 0 aliphatic heterocycles. The maximum atomic E-state index is 12.9. The van der Waals surface area contributed by atoms with E-state index < -0.39 is 10.8 Å². The Hall–Kier alpha value is -4.80. The van der Waals surface area contributed by atoms with Crippen molar-refractivity contribution in [1.29, 1.82) is 0 Å². The van der Waals surface area contributed by atoms with Crippen LogP contribution in [0.2, 0.25) is 0 Å². The van der Waals surface area contributed by atoms with Gasteiger partial charge in [0.25, 0.3) is 11.6 Å². The van der Waals surface area contributed by atoms with E-state index in [-0.39, 0.29) is 18.0 Å². The van der Waals surface area contributed by atoms with E-state index in [1.54, 1.807) is 49.6 Å². The number of non-ortho nitro benzene ring substituents is 1. The first-order chi connectivity index (χ1) is 16.5. The van der Waals surface area contributed by atoms with Crippen LogP contribution >= 0.6 is 0 Å². The average Bonchev–Trinajstić information content (AvgIpc) is 3.25. The number of anilines is 1. The summed E-state index contributed by atoms with van der Waals surface area (Å²) in [7, 11) is 1.53. The Morgan fingerprint density at radius 1 is 1.15 bits per heavy atom. The number of benzene rings is 2. The number of nitrogens with zero attached hydrogens (tertiary/aromatic N) is 5. The standard InChI is InChI=1S/C23H20N6O5/c1-15-22(26-27-28(15)18-6-3-7-19(12-18)29(31)32)23(30)25-17-8-9-20(33-2)21(11-17)34-14-16-5-4-10-24-13-16/h3-13H,14H2,1-2H3,(H,25,30). The van der Waals surface area contributed by atoms with Gasteiger partial charge in [-0.05, 0) is 31.2 Å². The number of methoxy groups -OCH3 is 1. The van der Waals surface area contributed by atoms with Crippen molar-refractivity contribution in [2.45, 2.75) is 13.5 Å². The minimum atomic E-state index is -0.499. The summed E-state index contributed by atoms with van der Waals surface area (Å²) < 4.78 is 12.6. The van der Waals surface area contributed by atoms with Gasteiger partial charge in [0.1, 0.15) is 6.61 Å². The molecule has 0 aliphatic rings. The summed E-state index contributed by atoms with van der Waals surface area (Å²) in [4.78, 5) is 27.5. The molecule has 2 aromatic carbocycles. The van der Waals surface area contributed by atoms with Gasteiger partial charge in [0.15, 0.2) is 17.2 Å². The summed E-state index contributed by atoms with van der Waals surface area (Å²) in [5, 5.41) is 21.8. The minimum absolute atomic E-state index is 0.0835. The van der Waals surface area contributed by atoms with Crippen LogP contribution in [0, 0.1) is 17.0 Å². The van der Waals surface area contributed by atoms with Gasteiger partial charge in [-0.25, -0.2) is 4.68 Å². The van der Waals surface area contributed by atoms with Crippen LogP contribution in [0.3, 0.4) is 0 Å². The number of nitro benzene ring substituents is 1. The maximum Gasteiger partial charge on any atom is 0.278 e. The van der Waals surface area contributed by atoms with Crippen LogP contribution in [0.4, 0.5) is 11.4 Å². The molecule has 4 rings (SSSR count). The van der Waals surface area contributed by atoms with E-state index in [4.69, 9.17) is 9.47 Å². The molecule has 0 saturated carbocycles. The van der Waals surface area contributed by atoms with Crippen molar-refractivity contribution in [1.82, 2.24) is 20.0 Å². The van der Waals surface area contributed by atoms with E-state index in [1.165, 1.54) is 23.9 Å². The number of nitro groups is 1. The SMILES string of the molecule is COc1ccc(NC(=O)c2nnn(-c3cccc([N+](=O)[O-])c3)c2C)cc1OCc1cccnc1. The average molecular weight is 460 g/mol. The second-order valence-corrected chi connectivity index (χ2v) is 7.18. The number of pyridine rings is 1. The molecule has 0 saturated heterocycles. The molecular weight excluding hydrogens is 440 g/mol. The monoisotopic (exact) mass is 460 g/mol. The van der Waals surface area contributed by atoms with Crippen LogP contribution < -0.4 is 14.8 Å². The van der Waals surface area contributed by atoms with Crippen LogP contribution in [-0.4, -0.2) is 37.9 Å². The van der Waals surface area contributed by atoms with E-state index in [0.717, 1.165) is 5.56 Å². The van der Waals surface area contributed by atoms with Gasteiger partial charge >= 0.3 is 0 Å². The molecule has 1 amide bonds. The molecule has 4 aromatic rings. The number of carbonyl (C=O) groups is 1. The van der Waals surface area contributed by atoms with Crippen LogP contribution in [-0.2, 0) is 6.61 Å². The van der Waals surface area contributed by atoms with Gasteiger partial charge in [0.05, 0.1) is 23.4 Å². The third-order valence-corrected chi connectivity index (χ3v) is 4.93. The molecule has 34 heavy (non-hydrogen) atoms. The molecule has 0 spiro atoms. The zero-order valence-electron chi connectivity index (χ0n) is 18.3. The molecule has 11 heteroatoms. The molecule has 0 unspecified atom stereocenters. The fraction of sp³-hybridized carbons (Fsp3) is 0.130. The van der Waals surface area contributed by atoms with Crippen LogP contribution in [0.15, 0.2) is 67.0 Å². The highest BCUT2D eigenvalue weighted by Crippen LogP contribution is 2.31. The highest BCUT2D eigenvalue weighted by Gasteiger charge is 2.19. The van der Waals surface area contributed by atoms with Crippen LogP contribution in [0.25, 0.3) is 5.69 Å². The summed E-state index contributed by atoms with van der Waals surface area (Å²) in [5.41, 5.74) is 2.20. The Bertz CT molecular complexity index is 1340. The summed E-state index contributed by atoms with van der Waals surface area (Å²) in [6.45, 7) is 1.93. The molecule has 1 N–H and O–H groups in total. The Morgan fingerprint density at radius 3 is 2.74 bits per heavy atom. The summed E-state index contributed by atoms with van der Waals surface area (Å²) in [6.07, 6.45) is 3.38. The van der Waals surface area contributed by atoms with Crippen molar-refractivity contribution in [2.75, 3.05) is 12.4 Å². The quantitative estimate of drug-likeness (QED) is 0.311. The smallest absolute Gasteiger partial charge is 0.278 e. The first-order valence-electron chi connectivity index (χ1n) is 10.1. The van der Waals surface area contributed by atoms with Gasteiger partial charge in [-0.3, -0.25) is 19.9 Å². The lowest BCUT2D eigenvalue weighted by Gasteiger charge is -2.13. The number of nitrogens with one attached hydrogen (secondary N) is 1. The van der Waals surface area contributed by atoms with Crippen molar-refractivity contribution < 1.29 is 19.2 Å². The number of carbonyl (C=O) groups excluding carboxylic acids is 1. The lowest BCUT2D eigenvalue weighted by molar-refractivity contribution is -0.384. The lowest BCUT2D eigenvalue weighted by Crippen LogP contribution is -2.14. The third kappa shape index (κ3) is 4.83. The van der Waals surface area contributed by atoms with Crippen molar-refractivity contribution in [2.24, 2.45) is 0 Å². The lowest BCUT2D eigenvalue weighted by atomic mass is 10.2. The first kappa shape index (κ1) is 22.4. The van der Waals surface area contributed by atoms with Crippen molar-refractivity contribution in [3.8, 4) is 17.2 Å². The number of hydrogen-bond donors (Lipinski definition) is 1. The molecule has 0 fully saturated rings. The van der Waals surface area contributed by atoms with Gasteiger partial charge in [0.2, 0.25) is 0 Å². The van der Waals surface area contributed by atoms with E-state index in [1.807, 2.05) is 12.1 Å². The number of ether oxygens (including phenoxy) is 2. The highest BCUT2D eigenvalue weighted by atomic mass is 16.6. The second-order valence-electron chi connectivity index (χ2n) is 7.18. The topological polar surface area (TPSA) is 134 Å². The molecule has 11 nitrogen and oxygen atoms in total. The Kier molecular flexibility index (Phi) is 6.44. The molecule has 0 bridgehead atoms. The molecule has 2 aromatic heterocycles. The third-order valence-electron chi connectivity index (χ3n) is 4.93. The normalized spacial score (nSPS) is 10.5. The predicted octanol–water partition coefficient (Wildman–Crippen LogP) is 3.72. The van der Waals surface area contributed by atoms with Crippen LogP contribution in [0.1, 0.15) is 21.7 Å².